The number of benzene rings is 1. The molecule has 1 amide bonds. The SMILES string of the molecule is O=C1CCC(NC(=S)Nc2ccccc2)CN1. The van der Waals surface area contributed by atoms with Crippen molar-refractivity contribution in [1.29, 1.82) is 0 Å². The molecule has 0 aliphatic carbocycles. The molecule has 0 spiro atoms. The van der Waals surface area contributed by atoms with Crippen molar-refractivity contribution in [3.8, 4) is 0 Å². The van der Waals surface area contributed by atoms with Gasteiger partial charge in [0.2, 0.25) is 5.91 Å². The molecule has 1 atom stereocenters. The Bertz CT molecular complexity index is 397. The van der Waals surface area contributed by atoms with Crippen molar-refractivity contribution in [3.05, 3.63) is 30.3 Å². The molecule has 1 aliphatic heterocycles. The van der Waals surface area contributed by atoms with E-state index < -0.39 is 0 Å². The molecule has 1 aliphatic rings. The Labute approximate surface area is 106 Å². The van der Waals surface area contributed by atoms with Gasteiger partial charge in [0.25, 0.3) is 0 Å². The van der Waals surface area contributed by atoms with Crippen LogP contribution in [-0.2, 0) is 4.79 Å². The number of nitrogens with one attached hydrogen (secondary N) is 3. The van der Waals surface area contributed by atoms with E-state index >= 15 is 0 Å². The van der Waals surface area contributed by atoms with Gasteiger partial charge >= 0.3 is 0 Å². The van der Waals surface area contributed by atoms with Crippen LogP contribution in [0.3, 0.4) is 0 Å². The fourth-order valence-corrected chi connectivity index (χ4v) is 2.01. The number of carbonyl (C=O) groups excluding carboxylic acids is 1. The average Bonchev–Trinajstić information content (AvgIpc) is 2.33. The summed E-state index contributed by atoms with van der Waals surface area (Å²) in [5.41, 5.74) is 0.963. The predicted octanol–water partition coefficient (Wildman–Crippen LogP) is 1.25. The Morgan fingerprint density at radius 3 is 2.76 bits per heavy atom. The lowest BCUT2D eigenvalue weighted by Crippen LogP contribution is -2.48. The highest BCUT2D eigenvalue weighted by molar-refractivity contribution is 7.80. The molecule has 1 aromatic rings. The second kappa shape index (κ2) is 5.63. The minimum atomic E-state index is 0.116. The molecule has 0 bridgehead atoms. The molecule has 17 heavy (non-hydrogen) atoms. The van der Waals surface area contributed by atoms with Gasteiger partial charge in [-0.15, -0.1) is 0 Å². The lowest BCUT2D eigenvalue weighted by atomic mass is 10.1. The average molecular weight is 249 g/mol. The molecule has 1 aromatic carbocycles. The molecule has 90 valence electrons. The zero-order valence-corrected chi connectivity index (χ0v) is 10.2. The van der Waals surface area contributed by atoms with Gasteiger partial charge in [-0.1, -0.05) is 18.2 Å². The van der Waals surface area contributed by atoms with Crippen LogP contribution in [0.4, 0.5) is 5.69 Å². The van der Waals surface area contributed by atoms with Crippen LogP contribution in [0.2, 0.25) is 0 Å². The lowest BCUT2D eigenvalue weighted by Gasteiger charge is -2.24. The Kier molecular flexibility index (Phi) is 3.93. The molecular weight excluding hydrogens is 234 g/mol. The molecule has 1 unspecified atom stereocenters. The zero-order chi connectivity index (χ0) is 12.1. The minimum absolute atomic E-state index is 0.116. The third-order valence-corrected chi connectivity index (χ3v) is 2.85. The number of carbonyl (C=O) groups is 1. The first-order chi connectivity index (χ1) is 8.24. The van der Waals surface area contributed by atoms with Crippen LogP contribution in [-0.4, -0.2) is 23.6 Å². The Hall–Kier alpha value is -1.62. The molecule has 0 radical (unpaired) electrons. The number of piperidine rings is 1. The third-order valence-electron chi connectivity index (χ3n) is 2.63. The molecule has 4 nitrogen and oxygen atoms in total. The van der Waals surface area contributed by atoms with Crippen molar-refractivity contribution in [3.63, 3.8) is 0 Å². The quantitative estimate of drug-likeness (QED) is 0.691. The minimum Gasteiger partial charge on any atom is -0.358 e. The largest absolute Gasteiger partial charge is 0.358 e. The Balaban J connectivity index is 1.80. The van der Waals surface area contributed by atoms with Gasteiger partial charge in [0, 0.05) is 24.7 Å². The van der Waals surface area contributed by atoms with Crippen LogP contribution in [0.25, 0.3) is 0 Å². The number of hydrogen-bond acceptors (Lipinski definition) is 2. The van der Waals surface area contributed by atoms with Crippen LogP contribution in [0.1, 0.15) is 12.8 Å². The van der Waals surface area contributed by atoms with E-state index in [9.17, 15) is 4.79 Å². The van der Waals surface area contributed by atoms with Gasteiger partial charge in [0.05, 0.1) is 0 Å². The van der Waals surface area contributed by atoms with Crippen LogP contribution in [0, 0.1) is 0 Å². The molecule has 5 heteroatoms. The first-order valence-corrected chi connectivity index (χ1v) is 6.04. The van der Waals surface area contributed by atoms with Gasteiger partial charge < -0.3 is 16.0 Å². The van der Waals surface area contributed by atoms with Gasteiger partial charge in [-0.25, -0.2) is 0 Å². The van der Waals surface area contributed by atoms with E-state index in [-0.39, 0.29) is 11.9 Å². The van der Waals surface area contributed by atoms with Crippen molar-refractivity contribution in [2.24, 2.45) is 0 Å². The summed E-state index contributed by atoms with van der Waals surface area (Å²) in [6.07, 6.45) is 1.38. The molecule has 2 rings (SSSR count). The van der Waals surface area contributed by atoms with Crippen molar-refractivity contribution in [2.75, 3.05) is 11.9 Å². The van der Waals surface area contributed by atoms with E-state index in [1.54, 1.807) is 0 Å². The summed E-state index contributed by atoms with van der Waals surface area (Å²) in [5.74, 6) is 0.116. The standard InChI is InChI=1S/C12H15N3OS/c16-11-7-6-10(8-13-11)15-12(17)14-9-4-2-1-3-5-9/h1-5,10H,6-8H2,(H,13,16)(H2,14,15,17). The second-order valence-corrected chi connectivity index (χ2v) is 4.41. The number of rotatable bonds is 2. The fraction of sp³-hybridized carbons (Fsp3) is 0.333. The highest BCUT2D eigenvalue weighted by atomic mass is 32.1. The summed E-state index contributed by atoms with van der Waals surface area (Å²) in [6.45, 7) is 0.634. The van der Waals surface area contributed by atoms with Gasteiger partial charge in [0.15, 0.2) is 5.11 Å². The van der Waals surface area contributed by atoms with E-state index in [2.05, 4.69) is 16.0 Å². The maximum atomic E-state index is 11.0. The molecule has 0 aromatic heterocycles. The normalized spacial score (nSPS) is 19.3. The van der Waals surface area contributed by atoms with Gasteiger partial charge in [-0.3, -0.25) is 4.79 Å². The molecule has 0 saturated carbocycles. The first kappa shape index (κ1) is 11.9. The van der Waals surface area contributed by atoms with Crippen molar-refractivity contribution in [2.45, 2.75) is 18.9 Å². The smallest absolute Gasteiger partial charge is 0.220 e. The van der Waals surface area contributed by atoms with Crippen molar-refractivity contribution in [1.82, 2.24) is 10.6 Å². The second-order valence-electron chi connectivity index (χ2n) is 4.00. The third kappa shape index (κ3) is 3.71. The summed E-state index contributed by atoms with van der Waals surface area (Å²) in [6, 6.07) is 9.99. The Morgan fingerprint density at radius 2 is 2.12 bits per heavy atom. The van der Waals surface area contributed by atoms with E-state index in [1.165, 1.54) is 0 Å². The van der Waals surface area contributed by atoms with Crippen molar-refractivity contribution >= 4 is 28.9 Å². The van der Waals surface area contributed by atoms with Gasteiger partial charge in [-0.2, -0.15) is 0 Å². The van der Waals surface area contributed by atoms with E-state index in [4.69, 9.17) is 12.2 Å². The van der Waals surface area contributed by atoms with Crippen LogP contribution in [0.15, 0.2) is 30.3 Å². The maximum Gasteiger partial charge on any atom is 0.220 e. The lowest BCUT2D eigenvalue weighted by molar-refractivity contribution is -0.122. The van der Waals surface area contributed by atoms with Crippen molar-refractivity contribution < 1.29 is 4.79 Å². The number of anilines is 1. The molecular formula is C12H15N3OS. The van der Waals surface area contributed by atoms with Gasteiger partial charge in [-0.05, 0) is 30.8 Å². The first-order valence-electron chi connectivity index (χ1n) is 5.63. The predicted molar refractivity (Wildman–Crippen MR) is 71.8 cm³/mol. The van der Waals surface area contributed by atoms with Crippen LogP contribution >= 0.6 is 12.2 Å². The van der Waals surface area contributed by atoms with Crippen LogP contribution < -0.4 is 16.0 Å². The number of amides is 1. The topological polar surface area (TPSA) is 53.2 Å². The van der Waals surface area contributed by atoms with Crippen LogP contribution in [0.5, 0.6) is 0 Å². The zero-order valence-electron chi connectivity index (χ0n) is 9.40. The molecule has 1 saturated heterocycles. The highest BCUT2D eigenvalue weighted by Crippen LogP contribution is 2.06. The maximum absolute atomic E-state index is 11.0. The number of para-hydroxylation sites is 1. The van der Waals surface area contributed by atoms with E-state index in [1.807, 2.05) is 30.3 Å². The summed E-state index contributed by atoms with van der Waals surface area (Å²) in [5, 5.41) is 9.71. The Morgan fingerprint density at radius 1 is 1.35 bits per heavy atom. The van der Waals surface area contributed by atoms with E-state index in [0.29, 0.717) is 18.1 Å². The molecule has 1 heterocycles. The fourth-order valence-electron chi connectivity index (χ4n) is 1.73. The molecule has 3 N–H and O–H groups in total. The number of hydrogen-bond donors (Lipinski definition) is 3. The molecule has 1 fully saturated rings. The summed E-state index contributed by atoms with van der Waals surface area (Å²) >= 11 is 5.21. The monoisotopic (exact) mass is 249 g/mol. The van der Waals surface area contributed by atoms with E-state index in [0.717, 1.165) is 12.1 Å². The number of thiocarbonyl (C=S) groups is 1. The summed E-state index contributed by atoms with van der Waals surface area (Å²) < 4.78 is 0. The van der Waals surface area contributed by atoms with Gasteiger partial charge in [0.1, 0.15) is 0 Å². The summed E-state index contributed by atoms with van der Waals surface area (Å²) in [7, 11) is 0. The summed E-state index contributed by atoms with van der Waals surface area (Å²) in [4.78, 5) is 11.0. The highest BCUT2D eigenvalue weighted by Gasteiger charge is 2.18.